The van der Waals surface area contributed by atoms with Gasteiger partial charge in [0.1, 0.15) is 0 Å². The molecule has 2 heteroatoms. The Bertz CT molecular complexity index is 141. The Labute approximate surface area is 69.8 Å². The third-order valence-corrected chi connectivity index (χ3v) is 1.49. The van der Waals surface area contributed by atoms with E-state index < -0.39 is 0 Å². The molecule has 2 nitrogen and oxygen atoms in total. The molecule has 0 aliphatic carbocycles. The standard InChI is InChI=1S/C9H18N2/c1-4-5-6-9(10)7-8-11(2)3/h9H,6-8,10H2,1-3H3. The van der Waals surface area contributed by atoms with Gasteiger partial charge in [0, 0.05) is 12.5 Å². The van der Waals surface area contributed by atoms with Crippen LogP contribution in [-0.4, -0.2) is 31.6 Å². The summed E-state index contributed by atoms with van der Waals surface area (Å²) < 4.78 is 0. The Morgan fingerprint density at radius 2 is 2.09 bits per heavy atom. The third kappa shape index (κ3) is 7.38. The van der Waals surface area contributed by atoms with Crippen molar-refractivity contribution < 1.29 is 0 Å². The van der Waals surface area contributed by atoms with Crippen molar-refractivity contribution in [3.8, 4) is 11.8 Å². The summed E-state index contributed by atoms with van der Waals surface area (Å²) in [6.45, 7) is 2.89. The molecule has 0 saturated carbocycles. The summed E-state index contributed by atoms with van der Waals surface area (Å²) >= 11 is 0. The van der Waals surface area contributed by atoms with E-state index in [1.165, 1.54) is 0 Å². The van der Waals surface area contributed by atoms with Gasteiger partial charge in [-0.05, 0) is 34.0 Å². The molecule has 1 unspecified atom stereocenters. The van der Waals surface area contributed by atoms with Crippen molar-refractivity contribution in [1.82, 2.24) is 4.90 Å². The number of rotatable bonds is 4. The number of hydrogen-bond donors (Lipinski definition) is 1. The summed E-state index contributed by atoms with van der Waals surface area (Å²) in [5, 5.41) is 0. The topological polar surface area (TPSA) is 29.3 Å². The zero-order chi connectivity index (χ0) is 8.69. The Balaban J connectivity index is 3.34. The maximum atomic E-state index is 5.78. The second-order valence-electron chi connectivity index (χ2n) is 2.98. The van der Waals surface area contributed by atoms with E-state index in [1.807, 2.05) is 6.92 Å². The van der Waals surface area contributed by atoms with Crippen molar-refractivity contribution in [2.75, 3.05) is 20.6 Å². The predicted molar refractivity (Wildman–Crippen MR) is 49.2 cm³/mol. The van der Waals surface area contributed by atoms with E-state index in [0.29, 0.717) is 0 Å². The first kappa shape index (κ1) is 10.5. The minimum absolute atomic E-state index is 0.241. The van der Waals surface area contributed by atoms with Crippen molar-refractivity contribution in [2.45, 2.75) is 25.8 Å². The minimum atomic E-state index is 0.241. The molecule has 64 valence electrons. The van der Waals surface area contributed by atoms with Crippen LogP contribution in [0.1, 0.15) is 19.8 Å². The van der Waals surface area contributed by atoms with Gasteiger partial charge in [-0.15, -0.1) is 11.8 Å². The zero-order valence-electron chi connectivity index (χ0n) is 7.72. The fourth-order valence-corrected chi connectivity index (χ4v) is 0.759. The highest BCUT2D eigenvalue weighted by Gasteiger charge is 1.99. The van der Waals surface area contributed by atoms with Gasteiger partial charge in [0.05, 0.1) is 0 Å². The molecule has 0 bridgehead atoms. The highest BCUT2D eigenvalue weighted by atomic mass is 15.0. The molecule has 0 aromatic carbocycles. The van der Waals surface area contributed by atoms with Gasteiger partial charge in [0.15, 0.2) is 0 Å². The van der Waals surface area contributed by atoms with Gasteiger partial charge in [-0.25, -0.2) is 0 Å². The maximum Gasteiger partial charge on any atom is 0.0241 e. The van der Waals surface area contributed by atoms with Crippen molar-refractivity contribution in [3.63, 3.8) is 0 Å². The van der Waals surface area contributed by atoms with Crippen molar-refractivity contribution in [3.05, 3.63) is 0 Å². The van der Waals surface area contributed by atoms with Crippen LogP contribution in [0.25, 0.3) is 0 Å². The Hall–Kier alpha value is -0.520. The van der Waals surface area contributed by atoms with Gasteiger partial charge in [-0.1, -0.05) is 0 Å². The van der Waals surface area contributed by atoms with Crippen LogP contribution >= 0.6 is 0 Å². The number of hydrogen-bond acceptors (Lipinski definition) is 2. The van der Waals surface area contributed by atoms with Crippen molar-refractivity contribution in [2.24, 2.45) is 5.73 Å². The summed E-state index contributed by atoms with van der Waals surface area (Å²) in [6, 6.07) is 0.241. The van der Waals surface area contributed by atoms with Gasteiger partial charge in [0.2, 0.25) is 0 Å². The summed E-state index contributed by atoms with van der Waals surface area (Å²) in [6.07, 6.45) is 1.85. The van der Waals surface area contributed by atoms with Crippen LogP contribution in [0, 0.1) is 11.8 Å². The quantitative estimate of drug-likeness (QED) is 0.603. The number of nitrogens with two attached hydrogens (primary N) is 1. The van der Waals surface area contributed by atoms with Crippen LogP contribution in [0.2, 0.25) is 0 Å². The molecule has 1 atom stereocenters. The third-order valence-electron chi connectivity index (χ3n) is 1.49. The first-order valence-corrected chi connectivity index (χ1v) is 3.96. The molecule has 0 spiro atoms. The predicted octanol–water partition coefficient (Wildman–Crippen LogP) is 0.679. The lowest BCUT2D eigenvalue weighted by Crippen LogP contribution is -2.25. The molecular weight excluding hydrogens is 136 g/mol. The lowest BCUT2D eigenvalue weighted by Gasteiger charge is -2.12. The molecule has 2 N–H and O–H groups in total. The van der Waals surface area contributed by atoms with Crippen LogP contribution in [0.15, 0.2) is 0 Å². The molecule has 0 rings (SSSR count). The Kier molecular flexibility index (Phi) is 5.91. The van der Waals surface area contributed by atoms with Gasteiger partial charge in [-0.2, -0.15) is 0 Å². The molecule has 0 aliphatic heterocycles. The van der Waals surface area contributed by atoms with Gasteiger partial charge < -0.3 is 10.6 Å². The smallest absolute Gasteiger partial charge is 0.0241 e. The van der Waals surface area contributed by atoms with E-state index in [4.69, 9.17) is 5.73 Å². The van der Waals surface area contributed by atoms with Crippen LogP contribution in [0.3, 0.4) is 0 Å². The van der Waals surface area contributed by atoms with E-state index in [9.17, 15) is 0 Å². The summed E-state index contributed by atoms with van der Waals surface area (Å²) in [5.41, 5.74) is 5.78. The zero-order valence-corrected chi connectivity index (χ0v) is 7.72. The Morgan fingerprint density at radius 3 is 2.55 bits per heavy atom. The molecule has 0 aromatic heterocycles. The maximum absolute atomic E-state index is 5.78. The normalized spacial score (nSPS) is 12.5. The molecule has 0 aliphatic rings. The van der Waals surface area contributed by atoms with Crippen molar-refractivity contribution >= 4 is 0 Å². The van der Waals surface area contributed by atoms with E-state index >= 15 is 0 Å². The van der Waals surface area contributed by atoms with E-state index in [1.54, 1.807) is 0 Å². The molecule has 0 fully saturated rings. The van der Waals surface area contributed by atoms with Crippen LogP contribution < -0.4 is 5.73 Å². The monoisotopic (exact) mass is 154 g/mol. The summed E-state index contributed by atoms with van der Waals surface area (Å²) in [7, 11) is 4.11. The van der Waals surface area contributed by atoms with Crippen molar-refractivity contribution in [1.29, 1.82) is 0 Å². The summed E-state index contributed by atoms with van der Waals surface area (Å²) in [4.78, 5) is 2.14. The first-order valence-electron chi connectivity index (χ1n) is 3.96. The minimum Gasteiger partial charge on any atom is -0.327 e. The fourth-order valence-electron chi connectivity index (χ4n) is 0.759. The van der Waals surface area contributed by atoms with Crippen LogP contribution in [0.4, 0.5) is 0 Å². The Morgan fingerprint density at radius 1 is 1.45 bits per heavy atom. The van der Waals surface area contributed by atoms with E-state index in [2.05, 4.69) is 30.8 Å². The highest BCUT2D eigenvalue weighted by Crippen LogP contribution is 1.93. The fraction of sp³-hybridized carbons (Fsp3) is 0.778. The molecule has 0 heterocycles. The molecule has 0 aromatic rings. The molecular formula is C9H18N2. The molecule has 0 saturated heterocycles. The van der Waals surface area contributed by atoms with Gasteiger partial charge in [-0.3, -0.25) is 0 Å². The number of nitrogens with zero attached hydrogens (tertiary/aromatic N) is 1. The van der Waals surface area contributed by atoms with Crippen LogP contribution in [0.5, 0.6) is 0 Å². The lowest BCUT2D eigenvalue weighted by atomic mass is 10.1. The van der Waals surface area contributed by atoms with E-state index in [-0.39, 0.29) is 6.04 Å². The highest BCUT2D eigenvalue weighted by molar-refractivity contribution is 4.97. The SMILES string of the molecule is CC#CCC(N)CCN(C)C. The van der Waals surface area contributed by atoms with Crippen LogP contribution in [-0.2, 0) is 0 Å². The lowest BCUT2D eigenvalue weighted by molar-refractivity contribution is 0.381. The largest absolute Gasteiger partial charge is 0.327 e. The van der Waals surface area contributed by atoms with Gasteiger partial charge >= 0.3 is 0 Å². The molecule has 11 heavy (non-hydrogen) atoms. The summed E-state index contributed by atoms with van der Waals surface area (Å²) in [5.74, 6) is 5.82. The second kappa shape index (κ2) is 6.21. The van der Waals surface area contributed by atoms with Gasteiger partial charge in [0.25, 0.3) is 0 Å². The first-order chi connectivity index (χ1) is 5.16. The van der Waals surface area contributed by atoms with E-state index in [0.717, 1.165) is 19.4 Å². The molecule has 0 radical (unpaired) electrons. The average molecular weight is 154 g/mol. The second-order valence-corrected chi connectivity index (χ2v) is 2.98. The molecule has 0 amide bonds. The average Bonchev–Trinajstić information content (AvgIpc) is 1.97.